The largest absolute Gasteiger partial charge is 0.478 e. The number of nitrogens with zero attached hydrogens (tertiary/aromatic N) is 6. The molecule has 0 unspecified atom stereocenters. The number of pyridine rings is 1. The summed E-state index contributed by atoms with van der Waals surface area (Å²) in [7, 11) is 0. The Bertz CT molecular complexity index is 2100. The van der Waals surface area contributed by atoms with E-state index in [2.05, 4.69) is 15.1 Å². The molecule has 4 aromatic heterocycles. The van der Waals surface area contributed by atoms with Crippen LogP contribution in [0.3, 0.4) is 0 Å². The number of β-lactam (4-membered cyclic amide) rings is 1. The minimum absolute atomic E-state index is 0.0802. The van der Waals surface area contributed by atoms with E-state index in [-0.39, 0.29) is 41.0 Å². The molecule has 0 radical (unpaired) electrons. The van der Waals surface area contributed by atoms with Crippen LogP contribution < -0.4 is 16.0 Å². The average Bonchev–Trinajstić information content (AvgIpc) is 3.80. The van der Waals surface area contributed by atoms with Crippen molar-refractivity contribution in [3.05, 3.63) is 69.1 Å². The third kappa shape index (κ3) is 6.63. The lowest BCUT2D eigenvalue weighted by atomic mass is 9.89. The van der Waals surface area contributed by atoms with Crippen LogP contribution in [0.25, 0.3) is 10.9 Å². The number of nitrogens with one attached hydrogen (secondary N) is 1. The minimum atomic E-state index is -1.75. The Balaban J connectivity index is 1.18. The molecule has 4 aromatic rings. The van der Waals surface area contributed by atoms with Gasteiger partial charge in [0.25, 0.3) is 0 Å². The van der Waals surface area contributed by atoms with Crippen molar-refractivity contribution in [2.24, 2.45) is 16.8 Å². The highest BCUT2D eigenvalue weighted by atomic mass is 32.2. The summed E-state index contributed by atoms with van der Waals surface area (Å²) in [6.07, 6.45) is 5.34. The Kier molecular flexibility index (Phi) is 8.99. The lowest BCUT2D eigenvalue weighted by Crippen LogP contribution is -2.62. The predicted octanol–water partition coefficient (Wildman–Crippen LogP) is 1.87. The molecule has 0 bridgehead atoms. The number of anilines is 1. The molecule has 1 fully saturated rings. The molecule has 254 valence electrons. The van der Waals surface area contributed by atoms with Gasteiger partial charge in [0, 0.05) is 40.8 Å². The number of thioether (sulfide) groups is 1. The van der Waals surface area contributed by atoms with Crippen LogP contribution in [0.1, 0.15) is 36.7 Å². The summed E-state index contributed by atoms with van der Waals surface area (Å²) in [5.41, 5.74) is 11.1. The summed E-state index contributed by atoms with van der Waals surface area (Å²) in [4.78, 5) is 65.8. The van der Waals surface area contributed by atoms with Gasteiger partial charge in [-0.25, -0.2) is 24.1 Å². The number of carboxylic acids is 2. The molecule has 0 aromatic carbocycles. The van der Waals surface area contributed by atoms with Crippen molar-refractivity contribution < 1.29 is 38.8 Å². The number of thiazole rings is 2. The van der Waals surface area contributed by atoms with Gasteiger partial charge in [-0.3, -0.25) is 19.9 Å². The number of amidine groups is 1. The molecule has 16 nitrogen and oxygen atoms in total. The van der Waals surface area contributed by atoms with E-state index < -0.39 is 40.5 Å². The quantitative estimate of drug-likeness (QED) is 0.0436. The monoisotopic (exact) mass is 724 g/mol. The molecule has 7 N–H and O–H groups in total. The molecule has 19 heteroatoms. The molecule has 6 heterocycles. The third-order valence-corrected chi connectivity index (χ3v) is 10.9. The van der Waals surface area contributed by atoms with Crippen molar-refractivity contribution in [3.63, 3.8) is 0 Å². The van der Waals surface area contributed by atoms with Gasteiger partial charge >= 0.3 is 11.9 Å². The number of Topliss-reactive ketones (excluding diaryl/α,β-unsaturated/α-hetero) is 1. The van der Waals surface area contributed by atoms with Crippen LogP contribution in [-0.2, 0) is 37.1 Å². The van der Waals surface area contributed by atoms with Gasteiger partial charge in [-0.05, 0) is 19.9 Å². The number of hydrogen-bond acceptors (Lipinski definition) is 13. The number of rotatable bonds is 13. The van der Waals surface area contributed by atoms with Crippen LogP contribution in [0.5, 0.6) is 0 Å². The maximum atomic E-state index is 13.5. The minimum Gasteiger partial charge on any atom is -0.478 e. The Hall–Kier alpha value is -5.14. The number of nitrogen functional groups attached to an aromatic ring is 2. The van der Waals surface area contributed by atoms with Gasteiger partial charge in [0.2, 0.25) is 11.5 Å². The van der Waals surface area contributed by atoms with Crippen molar-refractivity contribution in [2.45, 2.75) is 44.3 Å². The maximum Gasteiger partial charge on any atom is 0.352 e. The van der Waals surface area contributed by atoms with E-state index in [0.717, 1.165) is 27.2 Å². The Morgan fingerprint density at radius 3 is 2.59 bits per heavy atom. The third-order valence-electron chi connectivity index (χ3n) is 7.95. The molecule has 1 saturated heterocycles. The van der Waals surface area contributed by atoms with Crippen molar-refractivity contribution in [3.8, 4) is 0 Å². The molecule has 2 aliphatic heterocycles. The molecular formula is C30H30N9O7S3+. The highest BCUT2D eigenvalue weighted by molar-refractivity contribution is 8.00. The Labute approximate surface area is 290 Å². The molecule has 0 saturated carbocycles. The normalized spacial score (nSPS) is 18.0. The molecule has 6 rings (SSSR count). The van der Waals surface area contributed by atoms with Crippen LogP contribution in [-0.4, -0.2) is 81.6 Å². The fraction of sp³-hybridized carbons (Fsp3) is 0.300. The first kappa shape index (κ1) is 33.7. The number of amides is 1. The zero-order chi connectivity index (χ0) is 35.2. The number of fused-ring (bicyclic) bond motifs is 2. The van der Waals surface area contributed by atoms with E-state index >= 15 is 0 Å². The van der Waals surface area contributed by atoms with Gasteiger partial charge in [0.15, 0.2) is 35.6 Å². The SMILES string of the molecule is CC(C)(O/N=C(\C(=O)C[C@@H]1C(=O)N2C(C(=O)O)=C(C[n+]3ccc4c(ccn4Cc4nc(C(=N)N)cs4)c3)CS[C@H]12)c1csc(N)n1)C(=O)O. The topological polar surface area (TPSA) is 244 Å². The number of carbonyl (C=O) groups excluding carboxylic acids is 2. The molecule has 2 aliphatic rings. The number of aromatic nitrogens is 4. The van der Waals surface area contributed by atoms with E-state index in [4.69, 9.17) is 21.7 Å². The first-order valence-corrected chi connectivity index (χ1v) is 17.4. The number of oxime groups is 1. The zero-order valence-corrected chi connectivity index (χ0v) is 28.5. The van der Waals surface area contributed by atoms with Crippen LogP contribution in [0.4, 0.5) is 5.13 Å². The van der Waals surface area contributed by atoms with Crippen LogP contribution in [0.2, 0.25) is 0 Å². The van der Waals surface area contributed by atoms with Crippen molar-refractivity contribution >= 4 is 85.6 Å². The van der Waals surface area contributed by atoms with E-state index in [1.807, 2.05) is 39.9 Å². The van der Waals surface area contributed by atoms with E-state index in [1.165, 1.54) is 47.2 Å². The highest BCUT2D eigenvalue weighted by Crippen LogP contribution is 2.45. The predicted molar refractivity (Wildman–Crippen MR) is 181 cm³/mol. The van der Waals surface area contributed by atoms with Gasteiger partial charge in [-0.15, -0.1) is 34.4 Å². The van der Waals surface area contributed by atoms with Gasteiger partial charge in [0.1, 0.15) is 27.9 Å². The highest BCUT2D eigenvalue weighted by Gasteiger charge is 2.54. The number of carbonyl (C=O) groups is 4. The van der Waals surface area contributed by atoms with Gasteiger partial charge in [-0.2, -0.15) is 0 Å². The van der Waals surface area contributed by atoms with Gasteiger partial charge in [-0.1, -0.05) is 5.16 Å². The smallest absolute Gasteiger partial charge is 0.352 e. The first-order chi connectivity index (χ1) is 23.2. The van der Waals surface area contributed by atoms with E-state index in [9.17, 15) is 29.4 Å². The van der Waals surface area contributed by atoms with Gasteiger partial charge in [0.05, 0.1) is 28.7 Å². The number of carboxylic acid groups (broad SMARTS) is 2. The fourth-order valence-corrected chi connectivity index (χ4v) is 8.12. The Morgan fingerprint density at radius 2 is 1.94 bits per heavy atom. The number of aliphatic carboxylic acids is 2. The van der Waals surface area contributed by atoms with E-state index in [1.54, 1.807) is 5.38 Å². The summed E-state index contributed by atoms with van der Waals surface area (Å²) >= 11 is 3.83. The second-order valence-electron chi connectivity index (χ2n) is 11.8. The molecule has 2 atom stereocenters. The second kappa shape index (κ2) is 13.1. The van der Waals surface area contributed by atoms with Crippen molar-refractivity contribution in [2.75, 3.05) is 11.5 Å². The number of nitrogens with two attached hydrogens (primary N) is 2. The summed E-state index contributed by atoms with van der Waals surface area (Å²) in [6.45, 7) is 3.26. The lowest BCUT2D eigenvalue weighted by molar-refractivity contribution is -0.687. The average molecular weight is 725 g/mol. The zero-order valence-electron chi connectivity index (χ0n) is 26.0. The van der Waals surface area contributed by atoms with Crippen molar-refractivity contribution in [1.82, 2.24) is 19.4 Å². The number of ketones is 1. The standard InChI is InChI=1S/C30H29N9O7S3/c1-30(2,28(44)45)46-36-22(17-12-49-29(33)35-17)20(40)7-16-25(41)39-23(27(42)43)15(11-48-26(16)39)9-37-5-4-19-14(8-37)3-6-38(19)10-21-34-18(13-47-21)24(31)32/h3-6,8,12-13,16,26H,7,9-11H2,1-2H3,(H6-,31,32,33,35,42,43,44,45)/p+1/b36-22-/t16-,26-/m1/s1. The molecule has 1 amide bonds. The molecular weight excluding hydrogens is 695 g/mol. The number of hydrogen-bond donors (Lipinski definition) is 5. The molecule has 0 spiro atoms. The second-order valence-corrected chi connectivity index (χ2v) is 14.7. The summed E-state index contributed by atoms with van der Waals surface area (Å²) in [6, 6.07) is 3.86. The summed E-state index contributed by atoms with van der Waals surface area (Å²) < 4.78 is 3.87. The summed E-state index contributed by atoms with van der Waals surface area (Å²) in [5.74, 6) is -4.30. The van der Waals surface area contributed by atoms with E-state index in [0.29, 0.717) is 23.6 Å². The fourth-order valence-electron chi connectivity index (χ4n) is 5.37. The summed E-state index contributed by atoms with van der Waals surface area (Å²) in [5, 5.41) is 35.5. The van der Waals surface area contributed by atoms with Crippen molar-refractivity contribution in [1.29, 1.82) is 5.41 Å². The lowest BCUT2D eigenvalue weighted by Gasteiger charge is -2.49. The first-order valence-electron chi connectivity index (χ1n) is 14.6. The molecule has 49 heavy (non-hydrogen) atoms. The van der Waals surface area contributed by atoms with Crippen LogP contribution in [0, 0.1) is 11.3 Å². The van der Waals surface area contributed by atoms with Gasteiger partial charge < -0.3 is 31.1 Å². The maximum absolute atomic E-state index is 13.5. The van der Waals surface area contributed by atoms with Crippen LogP contribution in [0.15, 0.2) is 57.9 Å². The Morgan fingerprint density at radius 1 is 1.18 bits per heavy atom. The van der Waals surface area contributed by atoms with Crippen LogP contribution >= 0.6 is 34.4 Å². The molecule has 0 aliphatic carbocycles.